The Labute approximate surface area is 166 Å². The minimum Gasteiger partial charge on any atom is -0.481 e. The first-order chi connectivity index (χ1) is 12.7. The van der Waals surface area contributed by atoms with Crippen molar-refractivity contribution in [2.24, 2.45) is 11.3 Å². The van der Waals surface area contributed by atoms with E-state index in [1.807, 2.05) is 0 Å². The molecule has 160 valence electrons. The Balaban J connectivity index is 2.31. The van der Waals surface area contributed by atoms with Crippen LogP contribution >= 0.6 is 0 Å². The molecule has 8 heteroatoms. The molecule has 3 atom stereocenters. The van der Waals surface area contributed by atoms with Crippen LogP contribution in [0.3, 0.4) is 0 Å². The van der Waals surface area contributed by atoms with Crippen LogP contribution in [0.15, 0.2) is 0 Å². The lowest BCUT2D eigenvalue weighted by Gasteiger charge is -2.36. The molecule has 1 saturated heterocycles. The van der Waals surface area contributed by atoms with Crippen molar-refractivity contribution in [3.63, 3.8) is 0 Å². The van der Waals surface area contributed by atoms with E-state index in [0.29, 0.717) is 6.42 Å². The van der Waals surface area contributed by atoms with Gasteiger partial charge in [0.2, 0.25) is 0 Å². The van der Waals surface area contributed by atoms with Crippen LogP contribution in [0.1, 0.15) is 73.6 Å². The normalized spacial score (nSPS) is 26.6. The average molecular weight is 399 g/mol. The fourth-order valence-electron chi connectivity index (χ4n) is 4.01. The maximum absolute atomic E-state index is 13.0. The molecule has 0 spiro atoms. The van der Waals surface area contributed by atoms with Crippen LogP contribution in [0.25, 0.3) is 0 Å². The van der Waals surface area contributed by atoms with E-state index in [-0.39, 0.29) is 18.3 Å². The Kier molecular flexibility index (Phi) is 6.05. The number of nitrogens with zero attached hydrogens (tertiary/aromatic N) is 1. The van der Waals surface area contributed by atoms with Crippen LogP contribution in [0.5, 0.6) is 0 Å². The van der Waals surface area contributed by atoms with E-state index < -0.39 is 47.4 Å². The molecule has 1 saturated carbocycles. The standard InChI is InChI=1S/C20H33NO7/c1-12(16(24)25)9-14-13(10-20(7-8-20)11-15(22)23)21(19(5,6)27-14)17(26)28-18(2,3)4/h12-14H,7-11H2,1-6H3,(H,22,23)(H,24,25)/t12-,13+,14+/m1/s1. The number of carboxylic acids is 2. The number of hydrogen-bond donors (Lipinski definition) is 2. The number of rotatable bonds is 7. The number of aliphatic carboxylic acids is 2. The van der Waals surface area contributed by atoms with E-state index in [1.165, 1.54) is 0 Å². The zero-order valence-corrected chi connectivity index (χ0v) is 17.7. The minimum absolute atomic E-state index is 0.0350. The number of carboxylic acid groups (broad SMARTS) is 2. The third kappa shape index (κ3) is 5.37. The van der Waals surface area contributed by atoms with Gasteiger partial charge >= 0.3 is 18.0 Å². The van der Waals surface area contributed by atoms with Gasteiger partial charge in [-0.1, -0.05) is 6.92 Å². The van der Waals surface area contributed by atoms with Gasteiger partial charge in [0.25, 0.3) is 0 Å². The van der Waals surface area contributed by atoms with Gasteiger partial charge in [0, 0.05) is 0 Å². The Hall–Kier alpha value is -1.83. The minimum atomic E-state index is -0.977. The first kappa shape index (κ1) is 22.5. The Morgan fingerprint density at radius 2 is 1.79 bits per heavy atom. The molecule has 0 bridgehead atoms. The van der Waals surface area contributed by atoms with Crippen molar-refractivity contribution in [3.8, 4) is 0 Å². The summed E-state index contributed by atoms with van der Waals surface area (Å²) in [7, 11) is 0. The SMILES string of the molecule is C[C@H](C[C@@H]1OC(C)(C)N(C(=O)OC(C)(C)C)[C@H]1CC1(CC(=O)O)CC1)C(=O)O. The number of hydrogen-bond acceptors (Lipinski definition) is 5. The van der Waals surface area contributed by atoms with Crippen molar-refractivity contribution >= 4 is 18.0 Å². The summed E-state index contributed by atoms with van der Waals surface area (Å²) < 4.78 is 11.7. The third-order valence-corrected chi connectivity index (χ3v) is 5.50. The van der Waals surface area contributed by atoms with E-state index in [0.717, 1.165) is 12.8 Å². The number of ether oxygens (including phenoxy) is 2. The summed E-state index contributed by atoms with van der Waals surface area (Å²) in [6.45, 7) is 10.5. The summed E-state index contributed by atoms with van der Waals surface area (Å²) in [5.74, 6) is -2.44. The molecule has 2 N–H and O–H groups in total. The molecule has 2 fully saturated rings. The van der Waals surface area contributed by atoms with E-state index in [9.17, 15) is 24.6 Å². The van der Waals surface area contributed by atoms with Crippen LogP contribution in [0, 0.1) is 11.3 Å². The van der Waals surface area contributed by atoms with Crippen LogP contribution in [-0.2, 0) is 19.1 Å². The molecular weight excluding hydrogens is 366 g/mol. The second kappa shape index (κ2) is 7.54. The van der Waals surface area contributed by atoms with Crippen molar-refractivity contribution in [2.75, 3.05) is 0 Å². The Bertz CT molecular complexity index is 633. The summed E-state index contributed by atoms with van der Waals surface area (Å²) in [6, 6.07) is -0.437. The van der Waals surface area contributed by atoms with Crippen molar-refractivity contribution in [3.05, 3.63) is 0 Å². The predicted molar refractivity (Wildman–Crippen MR) is 101 cm³/mol. The van der Waals surface area contributed by atoms with Gasteiger partial charge in [0.1, 0.15) is 11.3 Å². The van der Waals surface area contributed by atoms with Crippen molar-refractivity contribution in [1.82, 2.24) is 4.90 Å². The van der Waals surface area contributed by atoms with E-state index in [2.05, 4.69) is 0 Å². The van der Waals surface area contributed by atoms with Crippen LogP contribution in [-0.4, -0.2) is 56.6 Å². The molecule has 0 aromatic heterocycles. The second-order valence-electron chi connectivity index (χ2n) is 9.77. The second-order valence-corrected chi connectivity index (χ2v) is 9.77. The molecule has 28 heavy (non-hydrogen) atoms. The molecule has 8 nitrogen and oxygen atoms in total. The van der Waals surface area contributed by atoms with Gasteiger partial charge in [-0.2, -0.15) is 0 Å². The molecule has 1 amide bonds. The van der Waals surface area contributed by atoms with Gasteiger partial charge in [0.05, 0.1) is 24.5 Å². The quantitative estimate of drug-likeness (QED) is 0.673. The van der Waals surface area contributed by atoms with E-state index in [1.54, 1.807) is 46.4 Å². The van der Waals surface area contributed by atoms with Gasteiger partial charge in [-0.15, -0.1) is 0 Å². The molecule has 0 aromatic rings. The summed E-state index contributed by atoms with van der Waals surface area (Å²) in [4.78, 5) is 37.2. The van der Waals surface area contributed by atoms with Gasteiger partial charge < -0.3 is 19.7 Å². The van der Waals surface area contributed by atoms with Gasteiger partial charge in [-0.3, -0.25) is 14.5 Å². The monoisotopic (exact) mass is 399 g/mol. The van der Waals surface area contributed by atoms with Crippen LogP contribution < -0.4 is 0 Å². The highest BCUT2D eigenvalue weighted by molar-refractivity contribution is 5.71. The lowest BCUT2D eigenvalue weighted by Crippen LogP contribution is -2.51. The molecule has 2 rings (SSSR count). The van der Waals surface area contributed by atoms with Gasteiger partial charge in [0.15, 0.2) is 0 Å². The third-order valence-electron chi connectivity index (χ3n) is 5.50. The zero-order chi connectivity index (χ0) is 21.5. The fraction of sp³-hybridized carbons (Fsp3) is 0.850. The molecule has 1 aliphatic carbocycles. The molecule has 1 aliphatic heterocycles. The lowest BCUT2D eigenvalue weighted by atomic mass is 9.87. The highest BCUT2D eigenvalue weighted by Crippen LogP contribution is 2.55. The Morgan fingerprint density at radius 1 is 1.21 bits per heavy atom. The molecule has 0 aromatic carbocycles. The van der Waals surface area contributed by atoms with Gasteiger partial charge in [-0.05, 0) is 65.7 Å². The topological polar surface area (TPSA) is 113 Å². The van der Waals surface area contributed by atoms with Gasteiger partial charge in [-0.25, -0.2) is 4.79 Å². The number of carbonyl (C=O) groups is 3. The van der Waals surface area contributed by atoms with Crippen molar-refractivity contribution in [1.29, 1.82) is 0 Å². The summed E-state index contributed by atoms with van der Waals surface area (Å²) >= 11 is 0. The van der Waals surface area contributed by atoms with Crippen molar-refractivity contribution in [2.45, 2.75) is 97.1 Å². The highest BCUT2D eigenvalue weighted by atomic mass is 16.6. The summed E-state index contributed by atoms with van der Waals surface area (Å²) in [5.41, 5.74) is -2.04. The maximum Gasteiger partial charge on any atom is 0.412 e. The molecule has 0 unspecified atom stereocenters. The number of carbonyl (C=O) groups excluding carboxylic acids is 1. The fourth-order valence-corrected chi connectivity index (χ4v) is 4.01. The molecular formula is C20H33NO7. The smallest absolute Gasteiger partial charge is 0.412 e. The largest absolute Gasteiger partial charge is 0.481 e. The Morgan fingerprint density at radius 3 is 2.21 bits per heavy atom. The summed E-state index contributed by atoms with van der Waals surface area (Å²) in [5, 5.41) is 18.6. The average Bonchev–Trinajstić information content (AvgIpc) is 3.15. The van der Waals surface area contributed by atoms with Crippen molar-refractivity contribution < 1.29 is 34.1 Å². The number of amides is 1. The maximum atomic E-state index is 13.0. The summed E-state index contributed by atoms with van der Waals surface area (Å²) in [6.07, 6.45) is 1.26. The highest BCUT2D eigenvalue weighted by Gasteiger charge is 2.56. The molecule has 2 aliphatic rings. The van der Waals surface area contributed by atoms with Crippen LogP contribution in [0.4, 0.5) is 4.79 Å². The zero-order valence-electron chi connectivity index (χ0n) is 17.7. The van der Waals surface area contributed by atoms with Crippen LogP contribution in [0.2, 0.25) is 0 Å². The molecule has 0 radical (unpaired) electrons. The lowest BCUT2D eigenvalue weighted by molar-refractivity contribution is -0.143. The first-order valence-electron chi connectivity index (χ1n) is 9.80. The van der Waals surface area contributed by atoms with E-state index in [4.69, 9.17) is 9.47 Å². The predicted octanol–water partition coefficient (Wildman–Crippen LogP) is 3.48. The first-order valence-corrected chi connectivity index (χ1v) is 9.80. The van der Waals surface area contributed by atoms with E-state index >= 15 is 0 Å². The molecule has 1 heterocycles.